The molecule has 4 aliphatic rings. The lowest BCUT2D eigenvalue weighted by Gasteiger charge is -2.35. The Bertz CT molecular complexity index is 1760. The summed E-state index contributed by atoms with van der Waals surface area (Å²) >= 11 is 0. The van der Waals surface area contributed by atoms with Gasteiger partial charge in [0, 0.05) is 0 Å². The van der Waals surface area contributed by atoms with Crippen LogP contribution in [0.25, 0.3) is 0 Å². The third kappa shape index (κ3) is 4.00. The van der Waals surface area contributed by atoms with Gasteiger partial charge in [0.1, 0.15) is 12.1 Å². The first-order valence-corrected chi connectivity index (χ1v) is 15.7. The van der Waals surface area contributed by atoms with E-state index in [0.29, 0.717) is 11.4 Å². The number of carbonyl (C=O) groups excluding carboxylic acids is 4. The number of amides is 4. The molecule has 4 aromatic rings. The average molecular weight is 611 g/mol. The van der Waals surface area contributed by atoms with E-state index in [-0.39, 0.29) is 23.6 Å². The first-order valence-electron chi connectivity index (χ1n) is 15.7. The molecule has 0 aliphatic carbocycles. The van der Waals surface area contributed by atoms with Crippen LogP contribution in [0, 0.1) is 39.5 Å². The maximum Gasteiger partial charge on any atom is 0.253 e. The number of hydrogen-bond acceptors (Lipinski definition) is 6. The van der Waals surface area contributed by atoms with E-state index >= 15 is 0 Å². The van der Waals surface area contributed by atoms with E-state index < -0.39 is 36.0 Å². The van der Waals surface area contributed by atoms with Crippen molar-refractivity contribution in [3.8, 4) is 0 Å². The molecular formula is C38H34N4O4. The van der Waals surface area contributed by atoms with Crippen LogP contribution in [0.15, 0.2) is 97.1 Å². The predicted molar refractivity (Wildman–Crippen MR) is 173 cm³/mol. The molecule has 0 saturated carbocycles. The third-order valence-electron chi connectivity index (χ3n) is 10.1. The molecule has 4 aromatic carbocycles. The lowest BCUT2D eigenvalue weighted by molar-refractivity contribution is -0.136. The lowest BCUT2D eigenvalue weighted by Crippen LogP contribution is -2.50. The molecule has 0 radical (unpaired) electrons. The van der Waals surface area contributed by atoms with Gasteiger partial charge < -0.3 is 0 Å². The summed E-state index contributed by atoms with van der Waals surface area (Å²) in [6.07, 6.45) is 0. The summed E-state index contributed by atoms with van der Waals surface area (Å²) < 4.78 is 0. The van der Waals surface area contributed by atoms with Crippen LogP contribution in [-0.4, -0.2) is 45.7 Å². The van der Waals surface area contributed by atoms with Gasteiger partial charge in [-0.25, -0.2) is 19.8 Å². The highest BCUT2D eigenvalue weighted by Crippen LogP contribution is 2.59. The molecule has 6 atom stereocenters. The second-order valence-corrected chi connectivity index (χ2v) is 13.1. The topological polar surface area (TPSA) is 81.2 Å². The van der Waals surface area contributed by atoms with Crippen molar-refractivity contribution in [3.05, 3.63) is 130 Å². The molecule has 4 fully saturated rings. The Hall–Kier alpha value is -4.92. The van der Waals surface area contributed by atoms with E-state index in [9.17, 15) is 19.2 Å². The van der Waals surface area contributed by atoms with Crippen molar-refractivity contribution in [2.45, 2.75) is 51.9 Å². The minimum absolute atomic E-state index is 0.301. The molecule has 8 rings (SSSR count). The van der Waals surface area contributed by atoms with Gasteiger partial charge in [0.15, 0.2) is 0 Å². The predicted octanol–water partition coefficient (Wildman–Crippen LogP) is 5.37. The van der Waals surface area contributed by atoms with E-state index in [1.165, 1.54) is 9.80 Å². The number of benzene rings is 4. The molecule has 4 saturated heterocycles. The van der Waals surface area contributed by atoms with Crippen molar-refractivity contribution in [2.75, 3.05) is 9.80 Å². The molecule has 8 nitrogen and oxygen atoms in total. The fourth-order valence-corrected chi connectivity index (χ4v) is 7.92. The minimum atomic E-state index is -0.884. The molecule has 6 unspecified atom stereocenters. The van der Waals surface area contributed by atoms with Crippen LogP contribution in [0.4, 0.5) is 11.4 Å². The maximum absolute atomic E-state index is 14.5. The van der Waals surface area contributed by atoms with Crippen molar-refractivity contribution in [1.29, 1.82) is 0 Å². The SMILES string of the molecule is Cc1ccc(C2C3C(=O)N(c4ccc(C)cc4)C(=O)C3N3C(c4ccc(C)cc4)C4C(=O)N(c5ccc(C)cc5)C(=O)C4N23)cc1. The van der Waals surface area contributed by atoms with Crippen molar-refractivity contribution in [3.63, 3.8) is 0 Å². The van der Waals surface area contributed by atoms with E-state index in [2.05, 4.69) is 0 Å². The van der Waals surface area contributed by atoms with Gasteiger partial charge in [-0.15, -0.1) is 0 Å². The highest BCUT2D eigenvalue weighted by Gasteiger charge is 2.73. The molecule has 8 heteroatoms. The highest BCUT2D eigenvalue weighted by atomic mass is 16.2. The summed E-state index contributed by atoms with van der Waals surface area (Å²) in [5.41, 5.74) is 6.85. The number of hydrogen-bond donors (Lipinski definition) is 0. The Balaban J connectivity index is 1.32. The Morgan fingerprint density at radius 2 is 0.652 bits per heavy atom. The Kier molecular flexibility index (Phi) is 6.39. The van der Waals surface area contributed by atoms with E-state index in [1.807, 2.05) is 111 Å². The molecule has 4 heterocycles. The summed E-state index contributed by atoms with van der Waals surface area (Å²) in [6, 6.07) is 27.5. The summed E-state index contributed by atoms with van der Waals surface area (Å²) in [5.74, 6) is -2.84. The van der Waals surface area contributed by atoms with E-state index in [0.717, 1.165) is 33.4 Å². The van der Waals surface area contributed by atoms with Gasteiger partial charge in [-0.1, -0.05) is 95.1 Å². The fourth-order valence-electron chi connectivity index (χ4n) is 7.92. The quantitative estimate of drug-likeness (QED) is 0.289. The van der Waals surface area contributed by atoms with Gasteiger partial charge in [0.05, 0.1) is 35.3 Å². The van der Waals surface area contributed by atoms with Gasteiger partial charge in [-0.05, 0) is 63.1 Å². The highest BCUT2D eigenvalue weighted by molar-refractivity contribution is 6.26. The molecule has 0 spiro atoms. The van der Waals surface area contributed by atoms with Gasteiger partial charge in [0.25, 0.3) is 11.8 Å². The van der Waals surface area contributed by atoms with Crippen LogP contribution in [0.1, 0.15) is 45.5 Å². The van der Waals surface area contributed by atoms with Crippen molar-refractivity contribution >= 4 is 35.0 Å². The summed E-state index contributed by atoms with van der Waals surface area (Å²) in [7, 11) is 0. The van der Waals surface area contributed by atoms with Crippen LogP contribution in [-0.2, 0) is 19.2 Å². The zero-order valence-electron chi connectivity index (χ0n) is 26.1. The molecule has 0 aromatic heterocycles. The van der Waals surface area contributed by atoms with Crippen LogP contribution >= 0.6 is 0 Å². The average Bonchev–Trinajstić information content (AvgIpc) is 3.71. The normalized spacial score (nSPS) is 27.5. The fraction of sp³-hybridized carbons (Fsp3) is 0.263. The first kappa shape index (κ1) is 28.5. The van der Waals surface area contributed by atoms with Gasteiger partial charge in [-0.2, -0.15) is 0 Å². The van der Waals surface area contributed by atoms with Gasteiger partial charge in [0.2, 0.25) is 11.8 Å². The summed E-state index contributed by atoms with van der Waals surface area (Å²) in [4.78, 5) is 60.7. The van der Waals surface area contributed by atoms with Crippen molar-refractivity contribution < 1.29 is 19.2 Å². The number of carbonyl (C=O) groups is 4. The number of anilines is 2. The van der Waals surface area contributed by atoms with Crippen molar-refractivity contribution in [2.24, 2.45) is 11.8 Å². The zero-order valence-corrected chi connectivity index (χ0v) is 26.1. The number of nitrogens with zero attached hydrogens (tertiary/aromatic N) is 4. The Morgan fingerprint density at radius 1 is 0.370 bits per heavy atom. The number of hydrazine groups is 1. The van der Waals surface area contributed by atoms with Crippen LogP contribution in [0.3, 0.4) is 0 Å². The number of imide groups is 2. The monoisotopic (exact) mass is 610 g/mol. The maximum atomic E-state index is 14.5. The number of rotatable bonds is 4. The van der Waals surface area contributed by atoms with Gasteiger partial charge in [-0.3, -0.25) is 19.2 Å². The largest absolute Gasteiger partial charge is 0.274 e. The molecule has 0 N–H and O–H groups in total. The molecule has 4 aliphatic heterocycles. The smallest absolute Gasteiger partial charge is 0.253 e. The lowest BCUT2D eigenvalue weighted by atomic mass is 9.84. The first-order chi connectivity index (χ1) is 22.2. The van der Waals surface area contributed by atoms with E-state index in [4.69, 9.17) is 0 Å². The van der Waals surface area contributed by atoms with Crippen molar-refractivity contribution in [1.82, 2.24) is 10.0 Å². The second-order valence-electron chi connectivity index (χ2n) is 13.1. The summed E-state index contributed by atoms with van der Waals surface area (Å²) in [6.45, 7) is 7.91. The standard InChI is InChI=1S/C38H34N4O4/c1-21-5-13-25(14-6-21)31-29-33(37(45)39(35(29)43)27-17-9-23(3)10-18-27)42-32(26-15-7-22(2)8-16-26)30-34(41(31)42)38(46)40(36(30)44)28-19-11-24(4)12-20-28/h5-20,29-34H,1-4H3. The third-order valence-corrected chi connectivity index (χ3v) is 10.1. The molecular weight excluding hydrogens is 576 g/mol. The Labute approximate surface area is 267 Å². The molecule has 46 heavy (non-hydrogen) atoms. The minimum Gasteiger partial charge on any atom is -0.274 e. The second kappa shape index (κ2) is 10.3. The van der Waals surface area contributed by atoms with E-state index in [1.54, 1.807) is 24.3 Å². The van der Waals surface area contributed by atoms with Gasteiger partial charge >= 0.3 is 0 Å². The Morgan fingerprint density at radius 3 is 0.957 bits per heavy atom. The number of fused-ring (bicyclic) bond motifs is 5. The van der Waals surface area contributed by atoms with Crippen LogP contribution < -0.4 is 9.80 Å². The summed E-state index contributed by atoms with van der Waals surface area (Å²) in [5, 5.41) is 3.85. The zero-order chi connectivity index (χ0) is 32.0. The van der Waals surface area contributed by atoms with Crippen LogP contribution in [0.2, 0.25) is 0 Å². The molecule has 4 amide bonds. The molecule has 0 bridgehead atoms. The van der Waals surface area contributed by atoms with Crippen LogP contribution in [0.5, 0.6) is 0 Å². The molecule has 230 valence electrons. The number of aryl methyl sites for hydroxylation is 4.